The Hall–Kier alpha value is -1.22. The molecule has 0 aliphatic heterocycles. The summed E-state index contributed by atoms with van der Waals surface area (Å²) in [5, 5.41) is 10.1. The maximum absolute atomic E-state index is 11.6. The molecule has 1 aliphatic rings. The van der Waals surface area contributed by atoms with Gasteiger partial charge in [-0.2, -0.15) is 0 Å². The van der Waals surface area contributed by atoms with E-state index < -0.39 is 11.4 Å². The van der Waals surface area contributed by atoms with Gasteiger partial charge in [-0.3, -0.25) is 4.79 Å². The maximum atomic E-state index is 11.6. The molecule has 1 saturated carbocycles. The first-order valence-corrected chi connectivity index (χ1v) is 6.53. The van der Waals surface area contributed by atoms with Crippen molar-refractivity contribution >= 4 is 17.6 Å². The number of ether oxygens (including phenoxy) is 1. The zero-order valence-corrected chi connectivity index (χ0v) is 11.4. The van der Waals surface area contributed by atoms with E-state index in [1.807, 2.05) is 6.92 Å². The molecule has 1 aromatic carbocycles. The monoisotopic (exact) mass is 268 g/mol. The SMILES string of the molecule is CCc1c(OC)cc(Cl)cc1C1(C(=O)O)CCC1. The molecule has 1 fully saturated rings. The van der Waals surface area contributed by atoms with Crippen molar-refractivity contribution in [3.05, 3.63) is 28.3 Å². The normalized spacial score (nSPS) is 17.1. The first-order chi connectivity index (χ1) is 8.55. The Balaban J connectivity index is 2.62. The minimum absolute atomic E-state index is 0.534. The van der Waals surface area contributed by atoms with Crippen molar-refractivity contribution in [2.24, 2.45) is 0 Å². The molecule has 18 heavy (non-hydrogen) atoms. The molecule has 0 unspecified atom stereocenters. The van der Waals surface area contributed by atoms with Gasteiger partial charge < -0.3 is 9.84 Å². The Labute approximate surface area is 112 Å². The lowest BCUT2D eigenvalue weighted by Gasteiger charge is -2.39. The molecule has 1 N–H and O–H groups in total. The first-order valence-electron chi connectivity index (χ1n) is 6.15. The summed E-state index contributed by atoms with van der Waals surface area (Å²) in [6, 6.07) is 3.54. The van der Waals surface area contributed by atoms with Crippen molar-refractivity contribution in [1.82, 2.24) is 0 Å². The number of carboxylic acid groups (broad SMARTS) is 1. The molecule has 0 radical (unpaired) electrons. The molecule has 4 heteroatoms. The fourth-order valence-corrected chi connectivity index (χ4v) is 2.92. The molecule has 0 saturated heterocycles. The Morgan fingerprint density at radius 1 is 1.50 bits per heavy atom. The fraction of sp³-hybridized carbons (Fsp3) is 0.500. The van der Waals surface area contributed by atoms with Crippen molar-refractivity contribution in [2.75, 3.05) is 7.11 Å². The van der Waals surface area contributed by atoms with Gasteiger partial charge in [-0.1, -0.05) is 24.9 Å². The summed E-state index contributed by atoms with van der Waals surface area (Å²) >= 11 is 6.08. The summed E-state index contributed by atoms with van der Waals surface area (Å²) in [5.74, 6) is -0.0692. The van der Waals surface area contributed by atoms with Gasteiger partial charge in [-0.25, -0.2) is 0 Å². The lowest BCUT2D eigenvalue weighted by Crippen LogP contribution is -2.43. The number of carbonyl (C=O) groups is 1. The van der Waals surface area contributed by atoms with E-state index in [1.54, 1.807) is 19.2 Å². The third kappa shape index (κ3) is 1.87. The molecule has 0 aromatic heterocycles. The molecule has 3 nitrogen and oxygen atoms in total. The molecule has 0 bridgehead atoms. The summed E-state index contributed by atoms with van der Waals surface area (Å²) in [6.45, 7) is 2.00. The fourth-order valence-electron chi connectivity index (χ4n) is 2.71. The Kier molecular flexibility index (Phi) is 3.53. The lowest BCUT2D eigenvalue weighted by molar-refractivity contribution is -0.147. The average Bonchev–Trinajstić information content (AvgIpc) is 2.26. The summed E-state index contributed by atoms with van der Waals surface area (Å²) in [5.41, 5.74) is 1.03. The Morgan fingerprint density at radius 2 is 2.17 bits per heavy atom. The van der Waals surface area contributed by atoms with Gasteiger partial charge in [0.05, 0.1) is 12.5 Å². The van der Waals surface area contributed by atoms with Crippen LogP contribution in [0.4, 0.5) is 0 Å². The summed E-state index contributed by atoms with van der Waals surface area (Å²) in [7, 11) is 1.59. The van der Waals surface area contributed by atoms with Crippen LogP contribution in [0, 0.1) is 0 Å². The van der Waals surface area contributed by atoms with Crippen LogP contribution in [0.25, 0.3) is 0 Å². The number of benzene rings is 1. The lowest BCUT2D eigenvalue weighted by atomic mass is 9.63. The van der Waals surface area contributed by atoms with E-state index in [4.69, 9.17) is 16.3 Å². The molecular weight excluding hydrogens is 252 g/mol. The molecule has 1 aromatic rings. The van der Waals surface area contributed by atoms with Crippen LogP contribution < -0.4 is 4.74 Å². The minimum atomic E-state index is -0.760. The minimum Gasteiger partial charge on any atom is -0.496 e. The van der Waals surface area contributed by atoms with Gasteiger partial charge in [0.1, 0.15) is 5.75 Å². The molecule has 0 spiro atoms. The van der Waals surface area contributed by atoms with E-state index in [0.29, 0.717) is 23.6 Å². The second-order valence-electron chi connectivity index (χ2n) is 4.73. The Morgan fingerprint density at radius 3 is 2.56 bits per heavy atom. The van der Waals surface area contributed by atoms with E-state index in [2.05, 4.69) is 0 Å². The van der Waals surface area contributed by atoms with Crippen molar-refractivity contribution in [3.63, 3.8) is 0 Å². The molecule has 0 atom stereocenters. The second kappa shape index (κ2) is 4.81. The number of halogens is 1. The summed E-state index contributed by atoms with van der Waals surface area (Å²) < 4.78 is 5.32. The molecule has 1 aliphatic carbocycles. The van der Waals surface area contributed by atoms with Crippen molar-refractivity contribution in [2.45, 2.75) is 38.0 Å². The zero-order chi connectivity index (χ0) is 13.3. The van der Waals surface area contributed by atoms with Crippen molar-refractivity contribution in [3.8, 4) is 5.75 Å². The van der Waals surface area contributed by atoms with Crippen LogP contribution in [0.3, 0.4) is 0 Å². The van der Waals surface area contributed by atoms with E-state index in [1.165, 1.54) is 0 Å². The number of hydrogen-bond donors (Lipinski definition) is 1. The highest BCUT2D eigenvalue weighted by molar-refractivity contribution is 6.30. The molecule has 0 heterocycles. The van der Waals surface area contributed by atoms with E-state index in [-0.39, 0.29) is 0 Å². The number of hydrogen-bond acceptors (Lipinski definition) is 2. The Bertz CT molecular complexity index is 478. The highest BCUT2D eigenvalue weighted by atomic mass is 35.5. The second-order valence-corrected chi connectivity index (χ2v) is 5.16. The van der Waals surface area contributed by atoms with Gasteiger partial charge in [0.2, 0.25) is 0 Å². The van der Waals surface area contributed by atoms with Crippen LogP contribution in [0.15, 0.2) is 12.1 Å². The van der Waals surface area contributed by atoms with Crippen LogP contribution in [-0.4, -0.2) is 18.2 Å². The largest absolute Gasteiger partial charge is 0.496 e. The van der Waals surface area contributed by atoms with Crippen molar-refractivity contribution < 1.29 is 14.6 Å². The first kappa shape index (κ1) is 13.2. The topological polar surface area (TPSA) is 46.5 Å². The molecular formula is C14H17ClO3. The van der Waals surface area contributed by atoms with Crippen LogP contribution >= 0.6 is 11.6 Å². The van der Waals surface area contributed by atoms with Gasteiger partial charge in [-0.05, 0) is 42.5 Å². The van der Waals surface area contributed by atoms with Gasteiger partial charge in [0.15, 0.2) is 0 Å². The van der Waals surface area contributed by atoms with Gasteiger partial charge >= 0.3 is 5.97 Å². The summed E-state index contributed by atoms with van der Waals surface area (Å²) in [4.78, 5) is 11.6. The highest BCUT2D eigenvalue weighted by Gasteiger charge is 2.47. The third-order valence-corrected chi connectivity index (χ3v) is 4.10. The van der Waals surface area contributed by atoms with Crippen LogP contribution in [0.2, 0.25) is 5.02 Å². The van der Waals surface area contributed by atoms with Gasteiger partial charge in [-0.15, -0.1) is 0 Å². The van der Waals surface area contributed by atoms with Crippen LogP contribution in [0.5, 0.6) is 5.75 Å². The van der Waals surface area contributed by atoms with Crippen LogP contribution in [-0.2, 0) is 16.6 Å². The highest BCUT2D eigenvalue weighted by Crippen LogP contribution is 2.47. The van der Waals surface area contributed by atoms with E-state index >= 15 is 0 Å². The van der Waals surface area contributed by atoms with Crippen LogP contribution in [0.1, 0.15) is 37.3 Å². The predicted molar refractivity (Wildman–Crippen MR) is 70.5 cm³/mol. The smallest absolute Gasteiger partial charge is 0.314 e. The van der Waals surface area contributed by atoms with Gasteiger partial charge in [0, 0.05) is 5.02 Å². The number of aliphatic carboxylic acids is 1. The van der Waals surface area contributed by atoms with E-state index in [9.17, 15) is 9.90 Å². The molecule has 2 rings (SSSR count). The number of carboxylic acids is 1. The molecule has 98 valence electrons. The maximum Gasteiger partial charge on any atom is 0.314 e. The number of methoxy groups -OCH3 is 1. The molecule has 0 amide bonds. The number of rotatable bonds is 4. The average molecular weight is 269 g/mol. The summed E-state index contributed by atoms with van der Waals surface area (Å²) in [6.07, 6.45) is 3.05. The quantitative estimate of drug-likeness (QED) is 0.910. The third-order valence-electron chi connectivity index (χ3n) is 3.88. The van der Waals surface area contributed by atoms with Gasteiger partial charge in [0.25, 0.3) is 0 Å². The van der Waals surface area contributed by atoms with E-state index in [0.717, 1.165) is 24.0 Å². The zero-order valence-electron chi connectivity index (χ0n) is 10.6. The standard InChI is InChI=1S/C14H17ClO3/c1-3-10-11(7-9(15)8-12(10)18-2)14(13(16)17)5-4-6-14/h7-8H,3-6H2,1-2H3,(H,16,17). The predicted octanol–water partition coefficient (Wildman–Crippen LogP) is 3.42. The van der Waals surface area contributed by atoms with Crippen molar-refractivity contribution in [1.29, 1.82) is 0 Å².